The van der Waals surface area contributed by atoms with Crippen LogP contribution in [0.25, 0.3) is 0 Å². The zero-order valence-corrected chi connectivity index (χ0v) is 18.4. The van der Waals surface area contributed by atoms with Crippen LogP contribution in [0.1, 0.15) is 51.4 Å². The molecule has 0 spiro atoms. The molecular formula is C17H33IN4O2S. The van der Waals surface area contributed by atoms with Crippen molar-refractivity contribution in [2.24, 2.45) is 16.8 Å². The molecule has 3 atom stereocenters. The van der Waals surface area contributed by atoms with Crippen molar-refractivity contribution in [1.29, 1.82) is 0 Å². The van der Waals surface area contributed by atoms with E-state index >= 15 is 0 Å². The molecule has 1 aliphatic heterocycles. The molecule has 0 bridgehead atoms. The SMILES string of the molecule is CN=C(NCCN1CCCS1(=O)=O)NC1CCC2CCCCC2C1.I. The molecule has 2 aliphatic carbocycles. The molecule has 3 aliphatic rings. The number of halogens is 1. The number of guanidine groups is 1. The average molecular weight is 484 g/mol. The Morgan fingerprint density at radius 1 is 1.12 bits per heavy atom. The van der Waals surface area contributed by atoms with Crippen LogP contribution < -0.4 is 10.6 Å². The summed E-state index contributed by atoms with van der Waals surface area (Å²) in [5.74, 6) is 2.95. The van der Waals surface area contributed by atoms with E-state index < -0.39 is 10.0 Å². The van der Waals surface area contributed by atoms with Gasteiger partial charge in [0.15, 0.2) is 5.96 Å². The van der Waals surface area contributed by atoms with Gasteiger partial charge in [-0.3, -0.25) is 4.99 Å². The van der Waals surface area contributed by atoms with Crippen LogP contribution >= 0.6 is 24.0 Å². The second kappa shape index (κ2) is 9.73. The van der Waals surface area contributed by atoms with Crippen LogP contribution in [0.2, 0.25) is 0 Å². The highest BCUT2D eigenvalue weighted by Crippen LogP contribution is 2.40. The summed E-state index contributed by atoms with van der Waals surface area (Å²) < 4.78 is 25.2. The first-order chi connectivity index (χ1) is 11.6. The Balaban J connectivity index is 0.00000225. The molecule has 0 aromatic rings. The van der Waals surface area contributed by atoms with Crippen LogP contribution in [-0.2, 0) is 10.0 Å². The minimum atomic E-state index is -3.00. The number of nitrogens with one attached hydrogen (secondary N) is 2. The monoisotopic (exact) mass is 484 g/mol. The van der Waals surface area contributed by atoms with Gasteiger partial charge in [0.05, 0.1) is 5.75 Å². The molecule has 1 heterocycles. The predicted octanol–water partition coefficient (Wildman–Crippen LogP) is 2.16. The lowest BCUT2D eigenvalue weighted by Crippen LogP contribution is -2.48. The molecule has 8 heteroatoms. The Morgan fingerprint density at radius 3 is 2.56 bits per heavy atom. The molecule has 3 fully saturated rings. The molecular weight excluding hydrogens is 451 g/mol. The van der Waals surface area contributed by atoms with Crippen LogP contribution in [0.3, 0.4) is 0 Å². The van der Waals surface area contributed by atoms with E-state index in [1.54, 1.807) is 11.4 Å². The predicted molar refractivity (Wildman–Crippen MR) is 113 cm³/mol. The Bertz CT molecular complexity index is 555. The van der Waals surface area contributed by atoms with Gasteiger partial charge in [0, 0.05) is 32.7 Å². The fourth-order valence-electron chi connectivity index (χ4n) is 4.63. The van der Waals surface area contributed by atoms with Crippen molar-refractivity contribution in [3.63, 3.8) is 0 Å². The highest BCUT2D eigenvalue weighted by atomic mass is 127. The zero-order chi connectivity index (χ0) is 17.0. The maximum Gasteiger partial charge on any atom is 0.214 e. The second-order valence-corrected chi connectivity index (χ2v) is 9.62. The van der Waals surface area contributed by atoms with Gasteiger partial charge in [-0.15, -0.1) is 24.0 Å². The molecule has 3 unspecified atom stereocenters. The van der Waals surface area contributed by atoms with E-state index in [9.17, 15) is 8.42 Å². The molecule has 0 radical (unpaired) electrons. The van der Waals surface area contributed by atoms with Gasteiger partial charge >= 0.3 is 0 Å². The van der Waals surface area contributed by atoms with E-state index in [1.807, 2.05) is 0 Å². The Labute approximate surface area is 169 Å². The maximum atomic E-state index is 11.8. The quantitative estimate of drug-likeness (QED) is 0.365. The number of hydrogen-bond donors (Lipinski definition) is 2. The van der Waals surface area contributed by atoms with Crippen LogP contribution in [0.5, 0.6) is 0 Å². The van der Waals surface area contributed by atoms with Crippen molar-refractivity contribution in [2.75, 3.05) is 32.4 Å². The summed E-state index contributed by atoms with van der Waals surface area (Å²) in [5, 5.41) is 6.84. The molecule has 25 heavy (non-hydrogen) atoms. The number of sulfonamides is 1. The number of nitrogens with zero attached hydrogens (tertiary/aromatic N) is 2. The normalized spacial score (nSPS) is 32.5. The van der Waals surface area contributed by atoms with Gasteiger partial charge in [0.1, 0.15) is 0 Å². The van der Waals surface area contributed by atoms with Gasteiger partial charge in [-0.2, -0.15) is 0 Å². The molecule has 6 nitrogen and oxygen atoms in total. The Kier molecular flexibility index (Phi) is 8.26. The molecule has 2 saturated carbocycles. The Morgan fingerprint density at radius 2 is 1.88 bits per heavy atom. The van der Waals surface area contributed by atoms with Crippen molar-refractivity contribution in [3.05, 3.63) is 0 Å². The molecule has 2 N–H and O–H groups in total. The van der Waals surface area contributed by atoms with E-state index in [0.717, 1.165) is 24.2 Å². The first-order valence-corrected chi connectivity index (χ1v) is 11.1. The fraction of sp³-hybridized carbons (Fsp3) is 0.941. The summed E-state index contributed by atoms with van der Waals surface area (Å²) in [6, 6.07) is 0.506. The van der Waals surface area contributed by atoms with E-state index in [1.165, 1.54) is 44.9 Å². The first-order valence-electron chi connectivity index (χ1n) is 9.53. The number of rotatable bonds is 4. The summed E-state index contributed by atoms with van der Waals surface area (Å²) in [7, 11) is -1.21. The average Bonchev–Trinajstić information content (AvgIpc) is 2.92. The molecule has 1 saturated heterocycles. The molecule has 0 aromatic carbocycles. The van der Waals surface area contributed by atoms with Gasteiger partial charge < -0.3 is 10.6 Å². The second-order valence-electron chi connectivity index (χ2n) is 7.53. The summed E-state index contributed by atoms with van der Waals surface area (Å²) in [6.45, 7) is 1.79. The molecule has 0 amide bonds. The standard InChI is InChI=1S/C17H32N4O2S.HI/c1-18-17(19-9-11-21-10-4-12-24(21,22)23)20-16-8-7-14-5-2-3-6-15(14)13-16;/h14-16H,2-13H2,1H3,(H2,18,19,20);1H. The lowest BCUT2D eigenvalue weighted by Gasteiger charge is -2.39. The Hall–Kier alpha value is -0.0900. The largest absolute Gasteiger partial charge is 0.355 e. The van der Waals surface area contributed by atoms with E-state index in [-0.39, 0.29) is 24.0 Å². The molecule has 0 aromatic heterocycles. The van der Waals surface area contributed by atoms with E-state index in [2.05, 4.69) is 15.6 Å². The lowest BCUT2D eigenvalue weighted by atomic mass is 9.69. The van der Waals surface area contributed by atoms with Gasteiger partial charge in [0.25, 0.3) is 0 Å². The summed E-state index contributed by atoms with van der Waals surface area (Å²) >= 11 is 0. The lowest BCUT2D eigenvalue weighted by molar-refractivity contribution is 0.150. The van der Waals surface area contributed by atoms with Gasteiger partial charge in [-0.1, -0.05) is 25.7 Å². The van der Waals surface area contributed by atoms with Gasteiger partial charge in [-0.25, -0.2) is 12.7 Å². The van der Waals surface area contributed by atoms with Gasteiger partial charge in [0.2, 0.25) is 10.0 Å². The minimum Gasteiger partial charge on any atom is -0.355 e. The molecule has 146 valence electrons. The number of hydrogen-bond acceptors (Lipinski definition) is 3. The smallest absolute Gasteiger partial charge is 0.214 e. The topological polar surface area (TPSA) is 73.8 Å². The third kappa shape index (κ3) is 5.69. The van der Waals surface area contributed by atoms with Crippen LogP contribution in [0.4, 0.5) is 0 Å². The summed E-state index contributed by atoms with van der Waals surface area (Å²) in [6.07, 6.45) is 10.2. The summed E-state index contributed by atoms with van der Waals surface area (Å²) in [4.78, 5) is 4.31. The highest BCUT2D eigenvalue weighted by Gasteiger charge is 2.32. The van der Waals surface area contributed by atoms with Crippen LogP contribution in [0.15, 0.2) is 4.99 Å². The fourth-order valence-corrected chi connectivity index (χ4v) is 6.16. The van der Waals surface area contributed by atoms with Crippen molar-refractivity contribution in [2.45, 2.75) is 57.4 Å². The third-order valence-electron chi connectivity index (χ3n) is 5.96. The van der Waals surface area contributed by atoms with Gasteiger partial charge in [-0.05, 0) is 37.5 Å². The van der Waals surface area contributed by atoms with Crippen LogP contribution in [-0.4, -0.2) is 57.2 Å². The minimum absolute atomic E-state index is 0. The third-order valence-corrected chi connectivity index (χ3v) is 7.92. The molecule has 3 rings (SSSR count). The van der Waals surface area contributed by atoms with E-state index in [4.69, 9.17) is 0 Å². The van der Waals surface area contributed by atoms with Crippen molar-refractivity contribution >= 4 is 40.0 Å². The van der Waals surface area contributed by atoms with Crippen molar-refractivity contribution < 1.29 is 8.42 Å². The van der Waals surface area contributed by atoms with Crippen molar-refractivity contribution in [1.82, 2.24) is 14.9 Å². The van der Waals surface area contributed by atoms with E-state index in [0.29, 0.717) is 31.4 Å². The number of fused-ring (bicyclic) bond motifs is 1. The first kappa shape index (κ1) is 21.2. The summed E-state index contributed by atoms with van der Waals surface area (Å²) in [5.41, 5.74) is 0. The van der Waals surface area contributed by atoms with Crippen LogP contribution in [0, 0.1) is 11.8 Å². The zero-order valence-electron chi connectivity index (χ0n) is 15.2. The number of aliphatic imine (C=N–C) groups is 1. The van der Waals surface area contributed by atoms with Crippen molar-refractivity contribution in [3.8, 4) is 0 Å². The maximum absolute atomic E-state index is 11.8. The highest BCUT2D eigenvalue weighted by molar-refractivity contribution is 14.0.